The Hall–Kier alpha value is -0.930. The Morgan fingerprint density at radius 1 is 1.54 bits per heavy atom. The molecule has 2 rings (SSSR count). The normalized spacial score (nSPS) is 13.4. The molecule has 0 bridgehead atoms. The van der Waals surface area contributed by atoms with Crippen LogP contribution >= 0.6 is 11.5 Å². The van der Waals surface area contributed by atoms with Crippen molar-refractivity contribution in [2.45, 2.75) is 19.4 Å². The number of fused-ring (bicyclic) bond motifs is 1. The standard InChI is InChI=1S/C10H12N2S/c1-7(11)5-8-3-2-4-10-9(8)6-12-13-10/h2-4,6-7H,5,11H2,1H3. The molecule has 1 aromatic heterocycles. The smallest absolute Gasteiger partial charge is 0.0552 e. The van der Waals surface area contributed by atoms with Crippen LogP contribution in [-0.2, 0) is 6.42 Å². The Bertz CT molecular complexity index is 406. The summed E-state index contributed by atoms with van der Waals surface area (Å²) in [5.41, 5.74) is 7.07. The highest BCUT2D eigenvalue weighted by Crippen LogP contribution is 2.22. The quantitative estimate of drug-likeness (QED) is 0.792. The summed E-state index contributed by atoms with van der Waals surface area (Å²) in [5, 5.41) is 1.25. The molecule has 13 heavy (non-hydrogen) atoms. The second-order valence-corrected chi connectivity index (χ2v) is 4.17. The minimum atomic E-state index is 0.213. The first kappa shape index (κ1) is 8.66. The molecule has 1 heterocycles. The average molecular weight is 192 g/mol. The van der Waals surface area contributed by atoms with Crippen molar-refractivity contribution in [3.05, 3.63) is 30.0 Å². The third kappa shape index (κ3) is 1.71. The summed E-state index contributed by atoms with van der Waals surface area (Å²) in [6.07, 6.45) is 2.85. The van der Waals surface area contributed by atoms with Crippen LogP contribution in [0.1, 0.15) is 12.5 Å². The summed E-state index contributed by atoms with van der Waals surface area (Å²) >= 11 is 1.54. The van der Waals surface area contributed by atoms with Crippen molar-refractivity contribution in [2.75, 3.05) is 0 Å². The number of hydrogen-bond donors (Lipinski definition) is 1. The van der Waals surface area contributed by atoms with Gasteiger partial charge in [-0.05, 0) is 36.5 Å². The van der Waals surface area contributed by atoms with Gasteiger partial charge < -0.3 is 5.73 Å². The molecule has 1 aromatic carbocycles. The second kappa shape index (κ2) is 3.44. The highest BCUT2D eigenvalue weighted by atomic mass is 32.1. The number of hydrogen-bond acceptors (Lipinski definition) is 3. The Morgan fingerprint density at radius 3 is 3.15 bits per heavy atom. The maximum absolute atomic E-state index is 5.77. The van der Waals surface area contributed by atoms with Crippen molar-refractivity contribution in [3.8, 4) is 0 Å². The van der Waals surface area contributed by atoms with Crippen LogP contribution in [0.15, 0.2) is 24.4 Å². The largest absolute Gasteiger partial charge is 0.328 e. The molecule has 0 aliphatic rings. The average Bonchev–Trinajstić information content (AvgIpc) is 2.51. The van der Waals surface area contributed by atoms with Crippen molar-refractivity contribution in [3.63, 3.8) is 0 Å². The zero-order valence-electron chi connectivity index (χ0n) is 7.53. The van der Waals surface area contributed by atoms with Gasteiger partial charge in [0.25, 0.3) is 0 Å². The van der Waals surface area contributed by atoms with E-state index in [4.69, 9.17) is 5.73 Å². The van der Waals surface area contributed by atoms with Crippen LogP contribution in [0.4, 0.5) is 0 Å². The van der Waals surface area contributed by atoms with Crippen LogP contribution in [-0.4, -0.2) is 10.4 Å². The Labute approximate surface area is 81.5 Å². The molecule has 3 heteroatoms. The zero-order valence-corrected chi connectivity index (χ0v) is 8.34. The molecule has 2 N–H and O–H groups in total. The molecular weight excluding hydrogens is 180 g/mol. The maximum atomic E-state index is 5.77. The van der Waals surface area contributed by atoms with Gasteiger partial charge in [0, 0.05) is 17.6 Å². The maximum Gasteiger partial charge on any atom is 0.0552 e. The fourth-order valence-electron chi connectivity index (χ4n) is 1.48. The van der Waals surface area contributed by atoms with E-state index in [1.807, 2.05) is 13.1 Å². The first-order valence-electron chi connectivity index (χ1n) is 4.35. The lowest BCUT2D eigenvalue weighted by Gasteiger charge is -2.05. The molecule has 1 atom stereocenters. The number of aromatic nitrogens is 1. The van der Waals surface area contributed by atoms with Crippen molar-refractivity contribution >= 4 is 21.6 Å². The molecule has 0 radical (unpaired) electrons. The number of nitrogens with two attached hydrogens (primary N) is 1. The van der Waals surface area contributed by atoms with E-state index in [9.17, 15) is 0 Å². The molecule has 0 saturated carbocycles. The lowest BCUT2D eigenvalue weighted by Crippen LogP contribution is -2.17. The topological polar surface area (TPSA) is 38.9 Å². The molecule has 2 nitrogen and oxygen atoms in total. The Balaban J connectivity index is 2.48. The van der Waals surface area contributed by atoms with Crippen LogP contribution in [0, 0.1) is 0 Å². The highest BCUT2D eigenvalue weighted by molar-refractivity contribution is 7.13. The van der Waals surface area contributed by atoms with Crippen molar-refractivity contribution in [1.29, 1.82) is 0 Å². The third-order valence-corrected chi connectivity index (χ3v) is 2.79. The predicted molar refractivity (Wildman–Crippen MR) is 57.0 cm³/mol. The summed E-state index contributed by atoms with van der Waals surface area (Å²) in [5.74, 6) is 0. The lowest BCUT2D eigenvalue weighted by molar-refractivity contribution is 0.742. The SMILES string of the molecule is CC(N)Cc1cccc2sncc12. The summed E-state index contributed by atoms with van der Waals surface area (Å²) < 4.78 is 5.42. The number of benzene rings is 1. The van der Waals surface area contributed by atoms with Crippen molar-refractivity contribution < 1.29 is 0 Å². The van der Waals surface area contributed by atoms with Crippen LogP contribution in [0.3, 0.4) is 0 Å². The summed E-state index contributed by atoms with van der Waals surface area (Å²) in [6, 6.07) is 6.50. The van der Waals surface area contributed by atoms with Gasteiger partial charge in [-0.15, -0.1) is 0 Å². The van der Waals surface area contributed by atoms with E-state index >= 15 is 0 Å². The van der Waals surface area contributed by atoms with Crippen LogP contribution in [0.5, 0.6) is 0 Å². The summed E-state index contributed by atoms with van der Waals surface area (Å²) in [6.45, 7) is 2.03. The van der Waals surface area contributed by atoms with Gasteiger partial charge in [-0.25, -0.2) is 0 Å². The summed E-state index contributed by atoms with van der Waals surface area (Å²) in [4.78, 5) is 0. The van der Waals surface area contributed by atoms with Crippen molar-refractivity contribution in [1.82, 2.24) is 4.37 Å². The number of nitrogens with zero attached hydrogens (tertiary/aromatic N) is 1. The van der Waals surface area contributed by atoms with Gasteiger partial charge in [0.15, 0.2) is 0 Å². The highest BCUT2D eigenvalue weighted by Gasteiger charge is 2.04. The fraction of sp³-hybridized carbons (Fsp3) is 0.300. The minimum absolute atomic E-state index is 0.213. The molecule has 0 aliphatic heterocycles. The predicted octanol–water partition coefficient (Wildman–Crippen LogP) is 2.19. The van der Waals surface area contributed by atoms with E-state index in [0.717, 1.165) is 6.42 Å². The van der Waals surface area contributed by atoms with Crippen LogP contribution in [0.25, 0.3) is 10.1 Å². The molecule has 1 unspecified atom stereocenters. The van der Waals surface area contributed by atoms with Crippen molar-refractivity contribution in [2.24, 2.45) is 5.73 Å². The van der Waals surface area contributed by atoms with Gasteiger partial charge in [0.2, 0.25) is 0 Å². The minimum Gasteiger partial charge on any atom is -0.328 e. The second-order valence-electron chi connectivity index (χ2n) is 3.34. The van der Waals surface area contributed by atoms with E-state index in [2.05, 4.69) is 22.6 Å². The Morgan fingerprint density at radius 2 is 2.38 bits per heavy atom. The molecule has 0 fully saturated rings. The van der Waals surface area contributed by atoms with Gasteiger partial charge in [-0.2, -0.15) is 4.37 Å². The first-order chi connectivity index (χ1) is 6.27. The fourth-order valence-corrected chi connectivity index (χ4v) is 2.17. The Kier molecular flexibility index (Phi) is 2.29. The monoisotopic (exact) mass is 192 g/mol. The third-order valence-electron chi connectivity index (χ3n) is 2.03. The van der Waals surface area contributed by atoms with Gasteiger partial charge in [0.1, 0.15) is 0 Å². The van der Waals surface area contributed by atoms with E-state index in [1.165, 1.54) is 27.2 Å². The number of rotatable bonds is 2. The molecular formula is C10H12N2S. The van der Waals surface area contributed by atoms with E-state index in [-0.39, 0.29) is 6.04 Å². The lowest BCUT2D eigenvalue weighted by atomic mass is 10.0. The molecule has 68 valence electrons. The molecule has 0 saturated heterocycles. The van der Waals surface area contributed by atoms with Gasteiger partial charge in [0.05, 0.1) is 4.70 Å². The van der Waals surface area contributed by atoms with Gasteiger partial charge >= 0.3 is 0 Å². The molecule has 2 aromatic rings. The van der Waals surface area contributed by atoms with E-state index < -0.39 is 0 Å². The molecule has 0 aliphatic carbocycles. The molecule has 0 spiro atoms. The summed E-state index contributed by atoms with van der Waals surface area (Å²) in [7, 11) is 0. The van der Waals surface area contributed by atoms with E-state index in [0.29, 0.717) is 0 Å². The van der Waals surface area contributed by atoms with E-state index in [1.54, 1.807) is 0 Å². The zero-order chi connectivity index (χ0) is 9.26. The molecule has 0 amide bonds. The van der Waals surface area contributed by atoms with Crippen LogP contribution < -0.4 is 5.73 Å². The van der Waals surface area contributed by atoms with Gasteiger partial charge in [-0.3, -0.25) is 0 Å². The van der Waals surface area contributed by atoms with Gasteiger partial charge in [-0.1, -0.05) is 12.1 Å². The first-order valence-corrected chi connectivity index (χ1v) is 5.12. The van der Waals surface area contributed by atoms with Crippen LogP contribution in [0.2, 0.25) is 0 Å².